The first kappa shape index (κ1) is 16.3. The number of hydrogen-bond acceptors (Lipinski definition) is 3. The number of rotatable bonds is 9. The third-order valence-electron chi connectivity index (χ3n) is 1.85. The fraction of sp³-hybridized carbons (Fsp3) is 1.00. The van der Waals surface area contributed by atoms with E-state index in [4.69, 9.17) is 8.85 Å². The van der Waals surface area contributed by atoms with Crippen molar-refractivity contribution >= 4 is 16.6 Å². The minimum Gasteiger partial charge on any atom is -0.418 e. The molecule has 0 amide bonds. The van der Waals surface area contributed by atoms with E-state index in [0.29, 0.717) is 0 Å². The molecule has 0 aliphatic carbocycles. The quantitative estimate of drug-likeness (QED) is 0.512. The zero-order valence-corrected chi connectivity index (χ0v) is 13.9. The lowest BCUT2D eigenvalue weighted by atomic mass is 10.4. The molecule has 3 nitrogen and oxygen atoms in total. The van der Waals surface area contributed by atoms with Crippen molar-refractivity contribution in [2.24, 2.45) is 0 Å². The van der Waals surface area contributed by atoms with Crippen molar-refractivity contribution in [3.63, 3.8) is 0 Å². The van der Waals surface area contributed by atoms with Gasteiger partial charge in [-0.3, -0.25) is 0 Å². The maximum absolute atomic E-state index is 5.76. The molecule has 0 fully saturated rings. The van der Waals surface area contributed by atoms with Gasteiger partial charge in [0.05, 0.1) is 0 Å². The monoisotopic (exact) mass is 263 g/mol. The van der Waals surface area contributed by atoms with Gasteiger partial charge in [0.2, 0.25) is 0 Å². The minimum absolute atomic E-state index is 0.838. The van der Waals surface area contributed by atoms with Gasteiger partial charge >= 0.3 is 0 Å². The van der Waals surface area contributed by atoms with Crippen LogP contribution >= 0.6 is 0 Å². The molecule has 0 unspecified atom stereocenters. The Hall–Kier alpha value is 0.314. The first-order valence-corrected chi connectivity index (χ1v) is 13.0. The summed E-state index contributed by atoms with van der Waals surface area (Å²) in [5, 5.41) is 3.38. The van der Waals surface area contributed by atoms with Crippen molar-refractivity contribution in [3.8, 4) is 0 Å². The smallest absolute Gasteiger partial charge is 0.183 e. The predicted octanol–water partition coefficient (Wildman–Crippen LogP) is 2.67. The minimum atomic E-state index is -1.32. The fourth-order valence-corrected chi connectivity index (χ4v) is 2.60. The summed E-state index contributed by atoms with van der Waals surface area (Å²) in [5.74, 6) is 0. The molecule has 0 atom stereocenters. The van der Waals surface area contributed by atoms with Crippen LogP contribution in [-0.4, -0.2) is 42.9 Å². The van der Waals surface area contributed by atoms with E-state index in [0.717, 1.165) is 32.7 Å². The fourth-order valence-electron chi connectivity index (χ4n) is 1.13. The molecule has 0 aliphatic heterocycles. The van der Waals surface area contributed by atoms with Gasteiger partial charge in [-0.2, -0.15) is 0 Å². The van der Waals surface area contributed by atoms with E-state index < -0.39 is 16.6 Å². The highest BCUT2D eigenvalue weighted by Crippen LogP contribution is 2.02. The molecule has 5 heteroatoms. The Kier molecular flexibility index (Phi) is 7.75. The molecular formula is C11H29NO2Si2. The number of nitrogens with one attached hydrogen (secondary N) is 1. The number of hydrogen-bond donors (Lipinski definition) is 1. The van der Waals surface area contributed by atoms with Gasteiger partial charge in [0.15, 0.2) is 16.6 Å². The van der Waals surface area contributed by atoms with Crippen molar-refractivity contribution in [3.05, 3.63) is 0 Å². The van der Waals surface area contributed by atoms with Gasteiger partial charge in [0, 0.05) is 19.8 Å². The van der Waals surface area contributed by atoms with Gasteiger partial charge in [-0.25, -0.2) is 0 Å². The second-order valence-electron chi connectivity index (χ2n) is 6.03. The maximum Gasteiger partial charge on any atom is 0.183 e. The van der Waals surface area contributed by atoms with E-state index in [-0.39, 0.29) is 0 Å². The lowest BCUT2D eigenvalue weighted by molar-refractivity contribution is 0.288. The Labute approximate surface area is 103 Å². The zero-order chi connectivity index (χ0) is 12.7. The molecule has 0 aliphatic rings. The summed E-state index contributed by atoms with van der Waals surface area (Å²) in [7, 11) is -2.62. The lowest BCUT2D eigenvalue weighted by Crippen LogP contribution is -2.31. The van der Waals surface area contributed by atoms with Crippen LogP contribution in [0.15, 0.2) is 0 Å². The molecule has 0 spiro atoms. The normalized spacial score (nSPS) is 13.1. The Morgan fingerprint density at radius 3 is 1.75 bits per heavy atom. The average Bonchev–Trinajstić information content (AvgIpc) is 2.06. The van der Waals surface area contributed by atoms with Crippen molar-refractivity contribution in [1.82, 2.24) is 5.32 Å². The molecule has 0 saturated heterocycles. The molecule has 0 bridgehead atoms. The first-order valence-electron chi connectivity index (χ1n) is 6.19. The predicted molar refractivity (Wildman–Crippen MR) is 76.1 cm³/mol. The van der Waals surface area contributed by atoms with Crippen LogP contribution in [0.25, 0.3) is 0 Å². The van der Waals surface area contributed by atoms with Crippen molar-refractivity contribution in [1.29, 1.82) is 0 Å². The molecule has 98 valence electrons. The second kappa shape index (κ2) is 7.60. The molecule has 0 saturated carbocycles. The molecule has 0 heterocycles. The summed E-state index contributed by atoms with van der Waals surface area (Å²) in [6.07, 6.45) is 1.09. The van der Waals surface area contributed by atoms with Crippen LogP contribution < -0.4 is 5.32 Å². The summed E-state index contributed by atoms with van der Waals surface area (Å²) in [6.45, 7) is 17.0. The largest absolute Gasteiger partial charge is 0.418 e. The van der Waals surface area contributed by atoms with E-state index in [1.54, 1.807) is 0 Å². The van der Waals surface area contributed by atoms with Gasteiger partial charge in [-0.1, -0.05) is 0 Å². The third kappa shape index (κ3) is 14.3. The Morgan fingerprint density at radius 2 is 1.25 bits per heavy atom. The standard InChI is InChI=1S/C11H29NO2Si2/c1-15(2,3)13-10-7-8-12-9-11-14-16(4,5)6/h12H,7-11H2,1-6H3. The van der Waals surface area contributed by atoms with E-state index in [1.165, 1.54) is 0 Å². The van der Waals surface area contributed by atoms with E-state index >= 15 is 0 Å². The van der Waals surface area contributed by atoms with Crippen LogP contribution in [-0.2, 0) is 8.85 Å². The molecule has 0 rings (SSSR count). The Morgan fingerprint density at radius 1 is 0.750 bits per heavy atom. The van der Waals surface area contributed by atoms with E-state index in [9.17, 15) is 0 Å². The summed E-state index contributed by atoms with van der Waals surface area (Å²) in [4.78, 5) is 0. The maximum atomic E-state index is 5.76. The third-order valence-corrected chi connectivity index (χ3v) is 3.99. The van der Waals surface area contributed by atoms with Crippen LogP contribution in [0, 0.1) is 0 Å². The van der Waals surface area contributed by atoms with Gasteiger partial charge in [0.25, 0.3) is 0 Å². The molecule has 16 heavy (non-hydrogen) atoms. The summed E-state index contributed by atoms with van der Waals surface area (Å²) < 4.78 is 11.5. The topological polar surface area (TPSA) is 30.5 Å². The van der Waals surface area contributed by atoms with Crippen LogP contribution in [0.4, 0.5) is 0 Å². The van der Waals surface area contributed by atoms with Crippen molar-refractivity contribution in [2.75, 3.05) is 26.3 Å². The SMILES string of the molecule is C[Si](C)(C)OCCCNCCO[Si](C)(C)C. The van der Waals surface area contributed by atoms with Crippen molar-refractivity contribution in [2.45, 2.75) is 45.7 Å². The molecule has 0 radical (unpaired) electrons. The van der Waals surface area contributed by atoms with Gasteiger partial charge in [-0.15, -0.1) is 0 Å². The Bertz CT molecular complexity index is 156. The van der Waals surface area contributed by atoms with Crippen LogP contribution in [0.2, 0.25) is 39.3 Å². The first-order chi connectivity index (χ1) is 7.21. The molecule has 1 N–H and O–H groups in total. The highest BCUT2D eigenvalue weighted by Gasteiger charge is 2.13. The van der Waals surface area contributed by atoms with Crippen LogP contribution in [0.1, 0.15) is 6.42 Å². The second-order valence-corrected chi connectivity index (χ2v) is 15.1. The zero-order valence-electron chi connectivity index (χ0n) is 11.9. The van der Waals surface area contributed by atoms with Gasteiger partial charge in [0.1, 0.15) is 0 Å². The van der Waals surface area contributed by atoms with Crippen molar-refractivity contribution < 1.29 is 8.85 Å². The molecule has 0 aromatic heterocycles. The van der Waals surface area contributed by atoms with E-state index in [2.05, 4.69) is 44.6 Å². The summed E-state index contributed by atoms with van der Waals surface area (Å²) >= 11 is 0. The Balaban J connectivity index is 3.17. The highest BCUT2D eigenvalue weighted by molar-refractivity contribution is 6.70. The highest BCUT2D eigenvalue weighted by atomic mass is 28.4. The van der Waals surface area contributed by atoms with Gasteiger partial charge < -0.3 is 14.2 Å². The van der Waals surface area contributed by atoms with Crippen LogP contribution in [0.3, 0.4) is 0 Å². The van der Waals surface area contributed by atoms with E-state index in [1.807, 2.05) is 0 Å². The molecule has 0 aromatic rings. The van der Waals surface area contributed by atoms with Gasteiger partial charge in [-0.05, 0) is 52.2 Å². The average molecular weight is 264 g/mol. The lowest BCUT2D eigenvalue weighted by Gasteiger charge is -2.18. The molecular weight excluding hydrogens is 234 g/mol. The summed E-state index contributed by atoms with van der Waals surface area (Å²) in [6, 6.07) is 0. The molecule has 0 aromatic carbocycles. The summed E-state index contributed by atoms with van der Waals surface area (Å²) in [5.41, 5.74) is 0. The van der Waals surface area contributed by atoms with Crippen LogP contribution in [0.5, 0.6) is 0 Å².